The summed E-state index contributed by atoms with van der Waals surface area (Å²) in [4.78, 5) is 4.90. The highest BCUT2D eigenvalue weighted by atomic mass is 15.1. The molecule has 1 saturated carbocycles. The van der Waals surface area contributed by atoms with Gasteiger partial charge in [0.05, 0.1) is 5.69 Å². The van der Waals surface area contributed by atoms with Crippen LogP contribution in [0.25, 0.3) is 0 Å². The minimum Gasteiger partial charge on any atom is -0.331 e. The third-order valence-electron chi connectivity index (χ3n) is 4.04. The molecule has 3 rings (SSSR count). The van der Waals surface area contributed by atoms with Gasteiger partial charge < -0.3 is 9.88 Å². The monoisotopic (exact) mass is 219 g/mol. The molecule has 3 nitrogen and oxygen atoms in total. The molecule has 1 aromatic heterocycles. The van der Waals surface area contributed by atoms with E-state index in [4.69, 9.17) is 4.98 Å². The molecular formula is C13H21N3. The van der Waals surface area contributed by atoms with Gasteiger partial charge in [0, 0.05) is 24.7 Å². The van der Waals surface area contributed by atoms with Crippen molar-refractivity contribution in [3.8, 4) is 0 Å². The summed E-state index contributed by atoms with van der Waals surface area (Å²) in [5.74, 6) is 2.16. The number of nitrogens with one attached hydrogen (secondary N) is 1. The topological polar surface area (TPSA) is 29.9 Å². The first kappa shape index (κ1) is 10.3. The number of hydrogen-bond donors (Lipinski definition) is 1. The van der Waals surface area contributed by atoms with Crippen molar-refractivity contribution < 1.29 is 0 Å². The minimum absolute atomic E-state index is 0.766. The molecule has 0 atom stereocenters. The molecule has 1 aromatic rings. The maximum atomic E-state index is 4.90. The number of imidazole rings is 1. The predicted molar refractivity (Wildman–Crippen MR) is 64.5 cm³/mol. The van der Waals surface area contributed by atoms with Gasteiger partial charge >= 0.3 is 0 Å². The lowest BCUT2D eigenvalue weighted by molar-refractivity contribution is 0.376. The van der Waals surface area contributed by atoms with E-state index in [1.807, 2.05) is 7.05 Å². The standard InChI is InChI=1S/C13H21N3/c1-14-9-11-12-7-2-3-8-16(12)13(15-11)10-5-4-6-10/h10,14H,2-9H2,1H3. The second-order valence-electron chi connectivity index (χ2n) is 5.13. The lowest BCUT2D eigenvalue weighted by Crippen LogP contribution is -2.19. The number of hydrogen-bond acceptors (Lipinski definition) is 2. The van der Waals surface area contributed by atoms with Crippen molar-refractivity contribution in [2.24, 2.45) is 0 Å². The molecule has 0 amide bonds. The Morgan fingerprint density at radius 1 is 1.31 bits per heavy atom. The van der Waals surface area contributed by atoms with Gasteiger partial charge in [-0.2, -0.15) is 0 Å². The van der Waals surface area contributed by atoms with E-state index in [0.29, 0.717) is 0 Å². The highest BCUT2D eigenvalue weighted by Gasteiger charge is 2.28. The molecule has 2 aliphatic rings. The molecule has 0 saturated heterocycles. The second kappa shape index (κ2) is 4.21. The normalized spacial score (nSPS) is 20.6. The van der Waals surface area contributed by atoms with Crippen molar-refractivity contribution in [2.45, 2.75) is 57.5 Å². The summed E-state index contributed by atoms with van der Waals surface area (Å²) in [6, 6.07) is 0. The van der Waals surface area contributed by atoms with E-state index in [0.717, 1.165) is 12.5 Å². The van der Waals surface area contributed by atoms with Crippen molar-refractivity contribution in [3.63, 3.8) is 0 Å². The van der Waals surface area contributed by atoms with Crippen LogP contribution in [0.2, 0.25) is 0 Å². The van der Waals surface area contributed by atoms with E-state index >= 15 is 0 Å². The van der Waals surface area contributed by atoms with Crippen LogP contribution in [-0.2, 0) is 19.5 Å². The smallest absolute Gasteiger partial charge is 0.112 e. The highest BCUT2D eigenvalue weighted by Crippen LogP contribution is 2.37. The van der Waals surface area contributed by atoms with Crippen LogP contribution in [-0.4, -0.2) is 16.6 Å². The van der Waals surface area contributed by atoms with Crippen molar-refractivity contribution in [1.82, 2.24) is 14.9 Å². The fourth-order valence-corrected chi connectivity index (χ4v) is 2.94. The van der Waals surface area contributed by atoms with Crippen molar-refractivity contribution in [3.05, 3.63) is 17.2 Å². The first-order chi connectivity index (χ1) is 7.90. The molecule has 2 heterocycles. The Morgan fingerprint density at radius 2 is 2.19 bits per heavy atom. The summed E-state index contributed by atoms with van der Waals surface area (Å²) in [7, 11) is 2.01. The second-order valence-corrected chi connectivity index (χ2v) is 5.13. The molecule has 0 radical (unpaired) electrons. The molecule has 3 heteroatoms. The van der Waals surface area contributed by atoms with Gasteiger partial charge in [0.25, 0.3) is 0 Å². The van der Waals surface area contributed by atoms with Gasteiger partial charge in [-0.3, -0.25) is 0 Å². The number of fused-ring (bicyclic) bond motifs is 1. The average Bonchev–Trinajstić information content (AvgIpc) is 2.57. The highest BCUT2D eigenvalue weighted by molar-refractivity contribution is 5.22. The van der Waals surface area contributed by atoms with Crippen LogP contribution in [0.3, 0.4) is 0 Å². The number of nitrogens with zero attached hydrogens (tertiary/aromatic N) is 2. The Bertz CT molecular complexity index is 377. The lowest BCUT2D eigenvalue weighted by atomic mass is 9.84. The van der Waals surface area contributed by atoms with Gasteiger partial charge in [-0.25, -0.2) is 4.98 Å². The number of rotatable bonds is 3. The van der Waals surface area contributed by atoms with E-state index in [1.165, 1.54) is 62.3 Å². The Labute approximate surface area is 97.3 Å². The first-order valence-corrected chi connectivity index (χ1v) is 6.63. The Kier molecular flexibility index (Phi) is 2.72. The van der Waals surface area contributed by atoms with Gasteiger partial charge in [-0.15, -0.1) is 0 Å². The number of aromatic nitrogens is 2. The zero-order valence-electron chi connectivity index (χ0n) is 10.1. The summed E-state index contributed by atoms with van der Waals surface area (Å²) in [6.07, 6.45) is 8.02. The zero-order chi connectivity index (χ0) is 11.0. The largest absolute Gasteiger partial charge is 0.331 e. The maximum absolute atomic E-state index is 4.90. The van der Waals surface area contributed by atoms with Crippen LogP contribution < -0.4 is 5.32 Å². The van der Waals surface area contributed by atoms with Crippen molar-refractivity contribution >= 4 is 0 Å². The Morgan fingerprint density at radius 3 is 2.88 bits per heavy atom. The molecule has 0 bridgehead atoms. The summed E-state index contributed by atoms with van der Waals surface area (Å²) in [5.41, 5.74) is 2.83. The Hall–Kier alpha value is -0.830. The molecule has 0 aromatic carbocycles. The fourth-order valence-electron chi connectivity index (χ4n) is 2.94. The quantitative estimate of drug-likeness (QED) is 0.844. The Balaban J connectivity index is 1.96. The molecule has 16 heavy (non-hydrogen) atoms. The van der Waals surface area contributed by atoms with Gasteiger partial charge in [0.1, 0.15) is 5.82 Å². The average molecular weight is 219 g/mol. The SMILES string of the molecule is CNCc1nc(C2CCC2)n2c1CCCC2. The summed E-state index contributed by atoms with van der Waals surface area (Å²) >= 11 is 0. The summed E-state index contributed by atoms with van der Waals surface area (Å²) in [5, 5.41) is 3.25. The zero-order valence-corrected chi connectivity index (χ0v) is 10.1. The van der Waals surface area contributed by atoms with E-state index in [2.05, 4.69) is 9.88 Å². The van der Waals surface area contributed by atoms with Crippen LogP contribution in [0.15, 0.2) is 0 Å². The third kappa shape index (κ3) is 1.58. The van der Waals surface area contributed by atoms with E-state index in [1.54, 1.807) is 0 Å². The van der Waals surface area contributed by atoms with Crippen LogP contribution in [0.5, 0.6) is 0 Å². The molecule has 1 fully saturated rings. The van der Waals surface area contributed by atoms with Gasteiger partial charge in [-0.05, 0) is 39.2 Å². The van der Waals surface area contributed by atoms with Gasteiger partial charge in [0.2, 0.25) is 0 Å². The summed E-state index contributed by atoms with van der Waals surface area (Å²) < 4.78 is 2.53. The molecule has 0 unspecified atom stereocenters. The lowest BCUT2D eigenvalue weighted by Gasteiger charge is -2.27. The van der Waals surface area contributed by atoms with Crippen molar-refractivity contribution in [2.75, 3.05) is 7.05 Å². The van der Waals surface area contributed by atoms with E-state index < -0.39 is 0 Å². The third-order valence-corrected chi connectivity index (χ3v) is 4.04. The molecular weight excluding hydrogens is 198 g/mol. The predicted octanol–water partition coefficient (Wildman–Crippen LogP) is 2.21. The van der Waals surface area contributed by atoms with Crippen molar-refractivity contribution in [1.29, 1.82) is 0 Å². The minimum atomic E-state index is 0.766. The van der Waals surface area contributed by atoms with Gasteiger partial charge in [-0.1, -0.05) is 6.42 Å². The first-order valence-electron chi connectivity index (χ1n) is 6.63. The molecule has 1 N–H and O–H groups in total. The van der Waals surface area contributed by atoms with Gasteiger partial charge in [0.15, 0.2) is 0 Å². The molecule has 1 aliphatic carbocycles. The van der Waals surface area contributed by atoms with Crippen LogP contribution in [0.1, 0.15) is 55.2 Å². The van der Waals surface area contributed by atoms with E-state index in [9.17, 15) is 0 Å². The molecule has 1 aliphatic heterocycles. The molecule has 0 spiro atoms. The van der Waals surface area contributed by atoms with Crippen LogP contribution in [0.4, 0.5) is 0 Å². The molecule has 88 valence electrons. The van der Waals surface area contributed by atoms with Crippen LogP contribution >= 0.6 is 0 Å². The summed E-state index contributed by atoms with van der Waals surface area (Å²) in [6.45, 7) is 2.14. The fraction of sp³-hybridized carbons (Fsp3) is 0.769. The maximum Gasteiger partial charge on any atom is 0.112 e. The van der Waals surface area contributed by atoms with Crippen LogP contribution in [0, 0.1) is 0 Å². The van der Waals surface area contributed by atoms with E-state index in [-0.39, 0.29) is 0 Å².